The fourth-order valence-corrected chi connectivity index (χ4v) is 2.27. The molecule has 2 rings (SSSR count). The second-order valence-corrected chi connectivity index (χ2v) is 6.13. The van der Waals surface area contributed by atoms with E-state index in [1.165, 1.54) is 20.1 Å². The number of rotatable bonds is 9. The molecule has 2 atom stereocenters. The third-order valence-corrected chi connectivity index (χ3v) is 3.76. The lowest BCUT2D eigenvalue weighted by Crippen LogP contribution is -2.52. The Kier molecular flexibility index (Phi) is 7.70. The average Bonchev–Trinajstić information content (AvgIpc) is 3.13. The van der Waals surface area contributed by atoms with E-state index < -0.39 is 29.9 Å². The minimum atomic E-state index is -1.00. The number of nitrogens with zero attached hydrogens (tertiary/aromatic N) is 1. The molecule has 9 heteroatoms. The van der Waals surface area contributed by atoms with E-state index in [0.29, 0.717) is 5.76 Å². The third-order valence-electron chi connectivity index (χ3n) is 3.76. The zero-order valence-corrected chi connectivity index (χ0v) is 15.9. The van der Waals surface area contributed by atoms with Gasteiger partial charge in [-0.05, 0) is 19.4 Å². The number of carbonyl (C=O) groups excluding carboxylic acids is 3. The maximum Gasteiger partial charge on any atom is 0.331 e. The molecule has 2 N–H and O–H groups in total. The van der Waals surface area contributed by atoms with Crippen LogP contribution in [-0.4, -0.2) is 48.7 Å². The van der Waals surface area contributed by atoms with Crippen LogP contribution in [0.5, 0.6) is 0 Å². The summed E-state index contributed by atoms with van der Waals surface area (Å²) in [5, 5.41) is 8.59. The monoisotopic (exact) mass is 389 g/mol. The first-order valence-corrected chi connectivity index (χ1v) is 8.64. The Hall–Kier alpha value is -3.20. The summed E-state index contributed by atoms with van der Waals surface area (Å²) in [5.41, 5.74) is 0.884. The van der Waals surface area contributed by atoms with E-state index in [2.05, 4.69) is 15.8 Å². The van der Waals surface area contributed by atoms with Crippen LogP contribution in [0.1, 0.15) is 28.7 Å². The van der Waals surface area contributed by atoms with Crippen molar-refractivity contribution in [3.63, 3.8) is 0 Å². The predicted molar refractivity (Wildman–Crippen MR) is 98.2 cm³/mol. The minimum absolute atomic E-state index is 0.0628. The molecule has 0 fully saturated rings. The van der Waals surface area contributed by atoms with Gasteiger partial charge in [0.1, 0.15) is 18.4 Å². The summed E-state index contributed by atoms with van der Waals surface area (Å²) in [4.78, 5) is 36.7. The number of methoxy groups -OCH3 is 1. The van der Waals surface area contributed by atoms with Crippen molar-refractivity contribution in [2.45, 2.75) is 32.5 Å². The highest BCUT2D eigenvalue weighted by Crippen LogP contribution is 2.04. The normalized spacial score (nSPS) is 12.7. The predicted octanol–water partition coefficient (Wildman–Crippen LogP) is 0.976. The number of aryl methyl sites for hydroxylation is 1. The Morgan fingerprint density at radius 2 is 1.89 bits per heavy atom. The van der Waals surface area contributed by atoms with Crippen molar-refractivity contribution in [2.75, 3.05) is 13.7 Å². The molecule has 28 heavy (non-hydrogen) atoms. The van der Waals surface area contributed by atoms with Crippen LogP contribution in [0.3, 0.4) is 0 Å². The van der Waals surface area contributed by atoms with Crippen LogP contribution < -0.4 is 10.6 Å². The standard InChI is InChI=1S/C19H23N3O6/c1-12-9-15(22-28-12)18(24)20-13(2)17(23)21-16(11-26-3)19(25)27-10-14-7-5-4-6-8-14/h4-9,13,16H,10-11H2,1-3H3,(H,20,24)(H,21,23)/t13-,16-/m0/s1. The topological polar surface area (TPSA) is 120 Å². The quantitative estimate of drug-likeness (QED) is 0.613. The van der Waals surface area contributed by atoms with Crippen LogP contribution in [0.15, 0.2) is 40.9 Å². The van der Waals surface area contributed by atoms with Gasteiger partial charge >= 0.3 is 5.97 Å². The van der Waals surface area contributed by atoms with Gasteiger partial charge in [0.05, 0.1) is 6.61 Å². The fourth-order valence-electron chi connectivity index (χ4n) is 2.27. The molecule has 0 aliphatic rings. The first-order valence-electron chi connectivity index (χ1n) is 8.64. The average molecular weight is 389 g/mol. The summed E-state index contributed by atoms with van der Waals surface area (Å²) >= 11 is 0. The molecule has 0 saturated heterocycles. The molecule has 0 aliphatic carbocycles. The Bertz CT molecular complexity index is 805. The summed E-state index contributed by atoms with van der Waals surface area (Å²) < 4.78 is 15.0. The smallest absolute Gasteiger partial charge is 0.331 e. The maximum absolute atomic E-state index is 12.3. The molecule has 2 amide bonds. The molecule has 2 aromatic rings. The SMILES string of the molecule is COC[C@H](NC(=O)[C@H](C)NC(=O)c1cc(C)on1)C(=O)OCc1ccccc1. The van der Waals surface area contributed by atoms with E-state index in [9.17, 15) is 14.4 Å². The number of hydrogen-bond donors (Lipinski definition) is 2. The number of hydrogen-bond acceptors (Lipinski definition) is 7. The zero-order valence-electron chi connectivity index (χ0n) is 15.9. The van der Waals surface area contributed by atoms with E-state index >= 15 is 0 Å². The number of aromatic nitrogens is 1. The highest BCUT2D eigenvalue weighted by atomic mass is 16.5. The van der Waals surface area contributed by atoms with Gasteiger partial charge in [-0.15, -0.1) is 0 Å². The number of amides is 2. The number of nitrogens with one attached hydrogen (secondary N) is 2. The molecule has 150 valence electrons. The summed E-state index contributed by atoms with van der Waals surface area (Å²) in [6.07, 6.45) is 0. The molecule has 0 bridgehead atoms. The molecule has 1 heterocycles. The Balaban J connectivity index is 1.89. The van der Waals surface area contributed by atoms with Crippen molar-refractivity contribution in [3.8, 4) is 0 Å². The van der Waals surface area contributed by atoms with Crippen LogP contribution in [0.25, 0.3) is 0 Å². The van der Waals surface area contributed by atoms with Gasteiger partial charge < -0.3 is 24.6 Å². The van der Waals surface area contributed by atoms with Gasteiger partial charge in [0.2, 0.25) is 5.91 Å². The van der Waals surface area contributed by atoms with Gasteiger partial charge in [-0.25, -0.2) is 4.79 Å². The number of carbonyl (C=O) groups is 3. The summed E-state index contributed by atoms with van der Waals surface area (Å²) in [6.45, 7) is 3.14. The highest BCUT2D eigenvalue weighted by Gasteiger charge is 2.26. The first kappa shape index (κ1) is 21.1. The Morgan fingerprint density at radius 3 is 2.50 bits per heavy atom. The van der Waals surface area contributed by atoms with Crippen LogP contribution in [0, 0.1) is 6.92 Å². The lowest BCUT2D eigenvalue weighted by molar-refractivity contribution is -0.150. The lowest BCUT2D eigenvalue weighted by Gasteiger charge is -2.20. The van der Waals surface area contributed by atoms with Crippen molar-refractivity contribution >= 4 is 17.8 Å². The summed E-state index contributed by atoms with van der Waals surface area (Å²) in [5.74, 6) is -1.28. The molecule has 0 spiro atoms. The van der Waals surface area contributed by atoms with Crippen LogP contribution >= 0.6 is 0 Å². The van der Waals surface area contributed by atoms with Gasteiger partial charge in [-0.3, -0.25) is 9.59 Å². The molecular weight excluding hydrogens is 366 g/mol. The number of benzene rings is 1. The van der Waals surface area contributed by atoms with Crippen molar-refractivity contribution in [3.05, 3.63) is 53.4 Å². The zero-order chi connectivity index (χ0) is 20.5. The molecular formula is C19H23N3O6. The second-order valence-electron chi connectivity index (χ2n) is 6.13. The second kappa shape index (κ2) is 10.2. The molecule has 1 aromatic carbocycles. The van der Waals surface area contributed by atoms with E-state index in [1.54, 1.807) is 6.92 Å². The summed E-state index contributed by atoms with van der Waals surface area (Å²) in [7, 11) is 1.40. The van der Waals surface area contributed by atoms with Crippen LogP contribution in [-0.2, 0) is 25.7 Å². The van der Waals surface area contributed by atoms with Crippen LogP contribution in [0.4, 0.5) is 0 Å². The van der Waals surface area contributed by atoms with Gasteiger partial charge in [-0.2, -0.15) is 0 Å². The third kappa shape index (κ3) is 6.20. The van der Waals surface area contributed by atoms with Crippen molar-refractivity contribution < 1.29 is 28.4 Å². The van der Waals surface area contributed by atoms with Gasteiger partial charge in [-0.1, -0.05) is 35.5 Å². The molecule has 1 aromatic heterocycles. The summed E-state index contributed by atoms with van der Waals surface area (Å²) in [6, 6.07) is 8.70. The Labute approximate surface area is 162 Å². The molecule has 0 radical (unpaired) electrons. The number of esters is 1. The molecule has 0 aliphatic heterocycles. The molecule has 0 saturated carbocycles. The van der Waals surface area contributed by atoms with E-state index in [-0.39, 0.29) is 18.9 Å². The van der Waals surface area contributed by atoms with E-state index in [4.69, 9.17) is 14.0 Å². The fraction of sp³-hybridized carbons (Fsp3) is 0.368. The van der Waals surface area contributed by atoms with Crippen molar-refractivity contribution in [2.24, 2.45) is 0 Å². The number of ether oxygens (including phenoxy) is 2. The maximum atomic E-state index is 12.3. The molecule has 9 nitrogen and oxygen atoms in total. The molecule has 0 unspecified atom stereocenters. The lowest BCUT2D eigenvalue weighted by atomic mass is 10.2. The van der Waals surface area contributed by atoms with Gasteiger partial charge in [0.25, 0.3) is 5.91 Å². The van der Waals surface area contributed by atoms with Gasteiger partial charge in [0, 0.05) is 13.2 Å². The van der Waals surface area contributed by atoms with Gasteiger partial charge in [0.15, 0.2) is 11.7 Å². The Morgan fingerprint density at radius 1 is 1.18 bits per heavy atom. The first-order chi connectivity index (χ1) is 13.4. The minimum Gasteiger partial charge on any atom is -0.459 e. The highest BCUT2D eigenvalue weighted by molar-refractivity contribution is 5.96. The van der Waals surface area contributed by atoms with Crippen molar-refractivity contribution in [1.82, 2.24) is 15.8 Å². The van der Waals surface area contributed by atoms with E-state index in [1.807, 2.05) is 30.3 Å². The van der Waals surface area contributed by atoms with Crippen LogP contribution in [0.2, 0.25) is 0 Å². The largest absolute Gasteiger partial charge is 0.459 e. The van der Waals surface area contributed by atoms with Crippen molar-refractivity contribution in [1.29, 1.82) is 0 Å². The van der Waals surface area contributed by atoms with E-state index in [0.717, 1.165) is 5.56 Å².